The number of piperidine rings is 1. The maximum Gasteiger partial charge on any atom is 0.255 e. The first-order chi connectivity index (χ1) is 15.0. The summed E-state index contributed by atoms with van der Waals surface area (Å²) in [5.41, 5.74) is 4.49. The van der Waals surface area contributed by atoms with Crippen LogP contribution in [0.25, 0.3) is 0 Å². The fraction of sp³-hybridized carbons (Fsp3) is 0.696. The molecule has 5 rings (SSSR count). The summed E-state index contributed by atoms with van der Waals surface area (Å²) in [6, 6.07) is 2.14. The van der Waals surface area contributed by atoms with Gasteiger partial charge in [-0.25, -0.2) is 4.98 Å². The Morgan fingerprint density at radius 1 is 1.10 bits per heavy atom. The molecule has 0 radical (unpaired) electrons. The van der Waals surface area contributed by atoms with Gasteiger partial charge in [0.15, 0.2) is 0 Å². The lowest BCUT2D eigenvalue weighted by Gasteiger charge is -2.39. The van der Waals surface area contributed by atoms with Crippen molar-refractivity contribution in [1.82, 2.24) is 24.6 Å². The molecule has 2 saturated heterocycles. The number of likely N-dealkylation sites (tertiary alicyclic amines) is 1. The summed E-state index contributed by atoms with van der Waals surface area (Å²) in [4.78, 5) is 25.6. The van der Waals surface area contributed by atoms with Crippen LogP contribution in [-0.2, 0) is 23.1 Å². The lowest BCUT2D eigenvalue weighted by molar-refractivity contribution is 0.122. The molecule has 2 fully saturated rings. The van der Waals surface area contributed by atoms with Gasteiger partial charge in [0.2, 0.25) is 5.95 Å². The van der Waals surface area contributed by atoms with Gasteiger partial charge in [-0.15, -0.1) is 0 Å². The van der Waals surface area contributed by atoms with Gasteiger partial charge in [0.1, 0.15) is 0 Å². The maximum absolute atomic E-state index is 12.8. The second-order valence-corrected chi connectivity index (χ2v) is 9.44. The molecule has 1 N–H and O–H groups in total. The molecule has 1 aliphatic carbocycles. The van der Waals surface area contributed by atoms with E-state index in [0.29, 0.717) is 13.2 Å². The standard InChI is InChI=1S/C23H34N6O2/c1-17-16-18(2)29(26-17)9-3-8-27-10-6-23(7-11-27)5-4-19-20(23)24-22(25-21(19)30)28-12-14-31-15-13-28/h16H,3-15H2,1-2H3,(H,24,25,30). The highest BCUT2D eigenvalue weighted by atomic mass is 16.5. The van der Waals surface area contributed by atoms with Crippen molar-refractivity contribution in [3.05, 3.63) is 39.1 Å². The van der Waals surface area contributed by atoms with Gasteiger partial charge in [0.05, 0.1) is 24.6 Å². The van der Waals surface area contributed by atoms with Crippen molar-refractivity contribution in [2.45, 2.75) is 57.9 Å². The molecular weight excluding hydrogens is 392 g/mol. The van der Waals surface area contributed by atoms with Crippen LogP contribution in [0.2, 0.25) is 0 Å². The number of hydrogen-bond donors (Lipinski definition) is 1. The fourth-order valence-corrected chi connectivity index (χ4v) is 5.60. The second-order valence-electron chi connectivity index (χ2n) is 9.44. The van der Waals surface area contributed by atoms with Crippen molar-refractivity contribution in [2.24, 2.45) is 0 Å². The van der Waals surface area contributed by atoms with E-state index in [-0.39, 0.29) is 11.0 Å². The van der Waals surface area contributed by atoms with Crippen LogP contribution in [0.4, 0.5) is 5.95 Å². The molecule has 8 nitrogen and oxygen atoms in total. The molecule has 8 heteroatoms. The first-order valence-electron chi connectivity index (χ1n) is 11.7. The molecule has 0 unspecified atom stereocenters. The van der Waals surface area contributed by atoms with Crippen molar-refractivity contribution in [3.63, 3.8) is 0 Å². The van der Waals surface area contributed by atoms with Gasteiger partial charge in [-0.05, 0) is 71.7 Å². The molecule has 4 heterocycles. The normalized spacial score (nSPS) is 21.0. The first-order valence-corrected chi connectivity index (χ1v) is 11.7. The molecule has 168 valence electrons. The van der Waals surface area contributed by atoms with Gasteiger partial charge < -0.3 is 14.5 Å². The van der Waals surface area contributed by atoms with Gasteiger partial charge in [-0.1, -0.05) is 0 Å². The third kappa shape index (κ3) is 4.03. The second kappa shape index (κ2) is 8.39. The van der Waals surface area contributed by atoms with Crippen LogP contribution in [-0.4, -0.2) is 70.6 Å². The van der Waals surface area contributed by atoms with E-state index < -0.39 is 0 Å². The third-order valence-electron chi connectivity index (χ3n) is 7.43. The van der Waals surface area contributed by atoms with Gasteiger partial charge in [0.25, 0.3) is 5.56 Å². The van der Waals surface area contributed by atoms with Crippen molar-refractivity contribution >= 4 is 5.95 Å². The van der Waals surface area contributed by atoms with E-state index >= 15 is 0 Å². The summed E-state index contributed by atoms with van der Waals surface area (Å²) < 4.78 is 7.58. The number of rotatable bonds is 5. The van der Waals surface area contributed by atoms with Gasteiger partial charge in [-0.3, -0.25) is 14.5 Å². The molecular formula is C23H34N6O2. The lowest BCUT2D eigenvalue weighted by atomic mass is 9.76. The fourth-order valence-electron chi connectivity index (χ4n) is 5.60. The summed E-state index contributed by atoms with van der Waals surface area (Å²) in [5, 5.41) is 4.58. The van der Waals surface area contributed by atoms with Crippen molar-refractivity contribution in [1.29, 1.82) is 0 Å². The molecule has 1 spiro atoms. The Morgan fingerprint density at radius 2 is 1.87 bits per heavy atom. The maximum atomic E-state index is 12.8. The average molecular weight is 427 g/mol. The van der Waals surface area contributed by atoms with E-state index in [0.717, 1.165) is 94.3 Å². The summed E-state index contributed by atoms with van der Waals surface area (Å²) >= 11 is 0. The number of nitrogens with zero attached hydrogens (tertiary/aromatic N) is 5. The Labute approximate surface area is 183 Å². The number of hydrogen-bond acceptors (Lipinski definition) is 6. The summed E-state index contributed by atoms with van der Waals surface area (Å²) in [5.74, 6) is 0.737. The zero-order valence-corrected chi connectivity index (χ0v) is 18.8. The number of aromatic amines is 1. The van der Waals surface area contributed by atoms with Gasteiger partial charge >= 0.3 is 0 Å². The van der Waals surface area contributed by atoms with E-state index in [1.807, 2.05) is 0 Å². The molecule has 2 aliphatic heterocycles. The highest BCUT2D eigenvalue weighted by Gasteiger charge is 2.44. The smallest absolute Gasteiger partial charge is 0.255 e. The average Bonchev–Trinajstić information content (AvgIpc) is 3.30. The summed E-state index contributed by atoms with van der Waals surface area (Å²) in [6.07, 6.45) is 5.23. The Hall–Kier alpha value is -2.19. The van der Waals surface area contributed by atoms with E-state index in [9.17, 15) is 4.79 Å². The zero-order valence-electron chi connectivity index (χ0n) is 18.8. The number of anilines is 1. The first kappa shape index (κ1) is 20.7. The Balaban J connectivity index is 1.23. The van der Waals surface area contributed by atoms with Crippen molar-refractivity contribution in [2.75, 3.05) is 50.8 Å². The predicted molar refractivity (Wildman–Crippen MR) is 120 cm³/mol. The van der Waals surface area contributed by atoms with Crippen LogP contribution in [0.5, 0.6) is 0 Å². The minimum atomic E-state index is 0.0654. The van der Waals surface area contributed by atoms with E-state index in [1.165, 1.54) is 5.69 Å². The van der Waals surface area contributed by atoms with Crippen molar-refractivity contribution in [3.8, 4) is 0 Å². The third-order valence-corrected chi connectivity index (χ3v) is 7.43. The van der Waals surface area contributed by atoms with Gasteiger partial charge in [0, 0.05) is 36.3 Å². The van der Waals surface area contributed by atoms with Crippen LogP contribution < -0.4 is 10.5 Å². The number of aromatic nitrogens is 4. The number of morpholine rings is 1. The molecule has 2 aromatic rings. The molecule has 0 atom stereocenters. The number of ether oxygens (including phenoxy) is 1. The molecule has 31 heavy (non-hydrogen) atoms. The van der Waals surface area contributed by atoms with Crippen LogP contribution >= 0.6 is 0 Å². The largest absolute Gasteiger partial charge is 0.378 e. The van der Waals surface area contributed by atoms with Crippen LogP contribution in [0, 0.1) is 13.8 Å². The highest BCUT2D eigenvalue weighted by molar-refractivity contribution is 5.40. The quantitative estimate of drug-likeness (QED) is 0.785. The molecule has 3 aliphatic rings. The Bertz CT molecular complexity index is 982. The monoisotopic (exact) mass is 426 g/mol. The Morgan fingerprint density at radius 3 is 2.58 bits per heavy atom. The molecule has 0 amide bonds. The van der Waals surface area contributed by atoms with Crippen LogP contribution in [0.15, 0.2) is 10.9 Å². The summed E-state index contributed by atoms with van der Waals surface area (Å²) in [6.45, 7) is 11.4. The molecule has 0 saturated carbocycles. The number of H-pyrrole nitrogens is 1. The van der Waals surface area contributed by atoms with Gasteiger partial charge in [-0.2, -0.15) is 5.10 Å². The summed E-state index contributed by atoms with van der Waals surface area (Å²) in [7, 11) is 0. The number of fused-ring (bicyclic) bond motifs is 2. The number of aryl methyl sites for hydroxylation is 3. The van der Waals surface area contributed by atoms with Crippen LogP contribution in [0.3, 0.4) is 0 Å². The lowest BCUT2D eigenvalue weighted by Crippen LogP contribution is -2.43. The molecule has 2 aromatic heterocycles. The highest BCUT2D eigenvalue weighted by Crippen LogP contribution is 2.44. The van der Waals surface area contributed by atoms with E-state index in [1.54, 1.807) is 0 Å². The SMILES string of the molecule is Cc1cc(C)n(CCCN2CCC3(CCc4c3nc(N3CCOCC3)[nH]c4=O)CC2)n1. The minimum absolute atomic E-state index is 0.0654. The van der Waals surface area contributed by atoms with Crippen LogP contribution in [0.1, 0.15) is 48.3 Å². The van der Waals surface area contributed by atoms with E-state index in [2.05, 4.69) is 44.5 Å². The zero-order chi connectivity index (χ0) is 21.4. The molecule has 0 bridgehead atoms. The van der Waals surface area contributed by atoms with E-state index in [4.69, 9.17) is 9.72 Å². The molecule has 0 aromatic carbocycles. The Kier molecular flexibility index (Phi) is 5.60. The topological polar surface area (TPSA) is 79.3 Å². The number of nitrogens with one attached hydrogen (secondary N) is 1. The predicted octanol–water partition coefficient (Wildman–Crippen LogP) is 1.79. The minimum Gasteiger partial charge on any atom is -0.378 e. The van der Waals surface area contributed by atoms with Crippen molar-refractivity contribution < 1.29 is 4.74 Å².